The van der Waals surface area contributed by atoms with Crippen molar-refractivity contribution in [1.82, 2.24) is 10.2 Å². The standard InChI is InChI=1S/C15H10F4N2O3/c16-10-5-3-9(4-6-10)14(15(17,18)19)12(22)21(13(23)20-14)8-11-2-1-7-24-11/h1-7H,8H2,(H,20,23)/t14-/m1/s1. The van der Waals surface area contributed by atoms with Crippen molar-refractivity contribution in [2.45, 2.75) is 18.3 Å². The average Bonchev–Trinajstić information content (AvgIpc) is 3.10. The number of carbonyl (C=O) groups is 2. The third-order valence-electron chi connectivity index (χ3n) is 3.70. The number of nitrogens with one attached hydrogen (secondary N) is 1. The van der Waals surface area contributed by atoms with E-state index in [4.69, 9.17) is 4.42 Å². The van der Waals surface area contributed by atoms with Crippen molar-refractivity contribution in [2.75, 3.05) is 0 Å². The van der Waals surface area contributed by atoms with Gasteiger partial charge in [0.25, 0.3) is 5.91 Å². The van der Waals surface area contributed by atoms with E-state index in [-0.39, 0.29) is 5.76 Å². The smallest absolute Gasteiger partial charge is 0.425 e. The van der Waals surface area contributed by atoms with Gasteiger partial charge < -0.3 is 9.73 Å². The number of alkyl halides is 3. The number of halogens is 4. The summed E-state index contributed by atoms with van der Waals surface area (Å²) < 4.78 is 59.1. The van der Waals surface area contributed by atoms with E-state index >= 15 is 0 Å². The number of imide groups is 1. The Morgan fingerprint density at radius 1 is 1.12 bits per heavy atom. The third-order valence-corrected chi connectivity index (χ3v) is 3.70. The van der Waals surface area contributed by atoms with Crippen molar-refractivity contribution < 1.29 is 31.6 Å². The first kappa shape index (κ1) is 16.0. The van der Waals surface area contributed by atoms with Gasteiger partial charge >= 0.3 is 12.2 Å². The minimum atomic E-state index is -5.12. The van der Waals surface area contributed by atoms with E-state index < -0.39 is 41.6 Å². The molecule has 0 radical (unpaired) electrons. The summed E-state index contributed by atoms with van der Waals surface area (Å²) in [6.07, 6.45) is -3.85. The summed E-state index contributed by atoms with van der Waals surface area (Å²) in [7, 11) is 0. The Hall–Kier alpha value is -2.84. The van der Waals surface area contributed by atoms with E-state index in [0.717, 1.165) is 24.3 Å². The molecule has 126 valence electrons. The second-order valence-electron chi connectivity index (χ2n) is 5.16. The Morgan fingerprint density at radius 2 is 1.79 bits per heavy atom. The second kappa shape index (κ2) is 5.36. The minimum Gasteiger partial charge on any atom is -0.467 e. The van der Waals surface area contributed by atoms with E-state index in [1.165, 1.54) is 18.4 Å². The lowest BCUT2D eigenvalue weighted by molar-refractivity contribution is -0.198. The van der Waals surface area contributed by atoms with Crippen molar-refractivity contribution >= 4 is 11.9 Å². The lowest BCUT2D eigenvalue weighted by Gasteiger charge is -2.29. The number of hydrogen-bond donors (Lipinski definition) is 1. The maximum atomic E-state index is 13.7. The Labute approximate surface area is 132 Å². The number of nitrogens with zero attached hydrogens (tertiary/aromatic N) is 1. The van der Waals surface area contributed by atoms with E-state index in [9.17, 15) is 27.2 Å². The van der Waals surface area contributed by atoms with Gasteiger partial charge in [0, 0.05) is 0 Å². The molecule has 3 rings (SSSR count). The molecule has 0 aliphatic carbocycles. The maximum Gasteiger partial charge on any atom is 0.425 e. The fourth-order valence-corrected chi connectivity index (χ4v) is 2.53. The topological polar surface area (TPSA) is 62.6 Å². The van der Waals surface area contributed by atoms with E-state index in [1.807, 2.05) is 0 Å². The van der Waals surface area contributed by atoms with Crippen LogP contribution in [0.3, 0.4) is 0 Å². The van der Waals surface area contributed by atoms with E-state index in [0.29, 0.717) is 4.90 Å². The molecule has 1 atom stereocenters. The van der Waals surface area contributed by atoms with Crippen molar-refractivity contribution in [2.24, 2.45) is 0 Å². The van der Waals surface area contributed by atoms with Gasteiger partial charge in [0.05, 0.1) is 12.8 Å². The molecule has 1 fully saturated rings. The molecule has 1 aromatic heterocycles. The largest absolute Gasteiger partial charge is 0.467 e. The summed E-state index contributed by atoms with van der Waals surface area (Å²) in [4.78, 5) is 24.9. The summed E-state index contributed by atoms with van der Waals surface area (Å²) in [6, 6.07) is 4.90. The number of rotatable bonds is 3. The maximum absolute atomic E-state index is 13.7. The molecule has 0 bridgehead atoms. The lowest BCUT2D eigenvalue weighted by Crippen LogP contribution is -2.55. The van der Waals surface area contributed by atoms with Gasteiger partial charge in [0.15, 0.2) is 0 Å². The van der Waals surface area contributed by atoms with Crippen LogP contribution in [0.4, 0.5) is 22.4 Å². The van der Waals surface area contributed by atoms with Crippen LogP contribution in [-0.2, 0) is 16.9 Å². The third kappa shape index (κ3) is 2.32. The fraction of sp³-hybridized carbons (Fsp3) is 0.200. The molecule has 5 nitrogen and oxygen atoms in total. The highest BCUT2D eigenvalue weighted by Gasteiger charge is 2.68. The van der Waals surface area contributed by atoms with Crippen molar-refractivity contribution in [3.05, 3.63) is 59.8 Å². The highest BCUT2D eigenvalue weighted by atomic mass is 19.4. The second-order valence-corrected chi connectivity index (χ2v) is 5.16. The number of amides is 3. The van der Waals surface area contributed by atoms with Crippen LogP contribution in [0, 0.1) is 5.82 Å². The van der Waals surface area contributed by atoms with Crippen LogP contribution in [0.15, 0.2) is 47.1 Å². The predicted molar refractivity (Wildman–Crippen MR) is 71.9 cm³/mol. The van der Waals surface area contributed by atoms with Gasteiger partial charge in [-0.05, 0) is 29.8 Å². The van der Waals surface area contributed by atoms with E-state index in [1.54, 1.807) is 5.32 Å². The zero-order chi connectivity index (χ0) is 17.5. The molecule has 1 saturated heterocycles. The van der Waals surface area contributed by atoms with Crippen molar-refractivity contribution in [1.29, 1.82) is 0 Å². The minimum absolute atomic E-state index is 0.149. The number of carbonyl (C=O) groups excluding carboxylic acids is 2. The van der Waals surface area contributed by atoms with Crippen LogP contribution in [0.2, 0.25) is 0 Å². The Balaban J connectivity index is 2.05. The van der Waals surface area contributed by atoms with Crippen molar-refractivity contribution in [3.8, 4) is 0 Å². The summed E-state index contributed by atoms with van der Waals surface area (Å²) in [5.41, 5.74) is -3.83. The Morgan fingerprint density at radius 3 is 2.33 bits per heavy atom. The number of benzene rings is 1. The summed E-state index contributed by atoms with van der Waals surface area (Å²) in [5, 5.41) is 1.70. The van der Waals surface area contributed by atoms with Gasteiger partial charge in [0.2, 0.25) is 5.54 Å². The van der Waals surface area contributed by atoms with Gasteiger partial charge in [0.1, 0.15) is 11.6 Å². The van der Waals surface area contributed by atoms with Crippen molar-refractivity contribution in [3.63, 3.8) is 0 Å². The molecule has 2 heterocycles. The first-order valence-electron chi connectivity index (χ1n) is 6.75. The molecule has 0 saturated carbocycles. The van der Waals surface area contributed by atoms with E-state index in [2.05, 4.69) is 0 Å². The normalized spacial score (nSPS) is 21.2. The summed E-state index contributed by atoms with van der Waals surface area (Å²) >= 11 is 0. The molecule has 1 aliphatic rings. The molecule has 1 aromatic carbocycles. The van der Waals surface area contributed by atoms with Gasteiger partial charge in [-0.1, -0.05) is 12.1 Å². The molecular weight excluding hydrogens is 332 g/mol. The monoisotopic (exact) mass is 342 g/mol. The molecule has 0 unspecified atom stereocenters. The van der Waals surface area contributed by atoms with Crippen LogP contribution in [-0.4, -0.2) is 23.0 Å². The number of urea groups is 1. The van der Waals surface area contributed by atoms with Crippen LogP contribution in [0.1, 0.15) is 11.3 Å². The van der Waals surface area contributed by atoms with Crippen LogP contribution < -0.4 is 5.32 Å². The van der Waals surface area contributed by atoms with Crippen LogP contribution in [0.25, 0.3) is 0 Å². The Bertz CT molecular complexity index is 771. The molecule has 3 amide bonds. The highest BCUT2D eigenvalue weighted by molar-refractivity contribution is 6.08. The first-order chi connectivity index (χ1) is 11.3. The highest BCUT2D eigenvalue weighted by Crippen LogP contribution is 2.43. The summed E-state index contributed by atoms with van der Waals surface area (Å²) in [5.74, 6) is -2.11. The summed E-state index contributed by atoms with van der Waals surface area (Å²) in [6.45, 7) is -0.448. The van der Waals surface area contributed by atoms with Gasteiger partial charge in [-0.3, -0.25) is 9.69 Å². The number of furan rings is 1. The first-order valence-corrected chi connectivity index (χ1v) is 6.75. The number of hydrogen-bond acceptors (Lipinski definition) is 3. The molecule has 24 heavy (non-hydrogen) atoms. The fourth-order valence-electron chi connectivity index (χ4n) is 2.53. The molecule has 9 heteroatoms. The lowest BCUT2D eigenvalue weighted by atomic mass is 9.89. The van der Waals surface area contributed by atoms with Crippen LogP contribution in [0.5, 0.6) is 0 Å². The quantitative estimate of drug-likeness (QED) is 0.689. The van der Waals surface area contributed by atoms with Gasteiger partial charge in [-0.2, -0.15) is 13.2 Å². The molecule has 2 aromatic rings. The Kier molecular flexibility index (Phi) is 3.58. The predicted octanol–water partition coefficient (Wildman–Crippen LogP) is 2.93. The SMILES string of the molecule is O=C1N[C@@](c2ccc(F)cc2)(C(F)(F)F)C(=O)N1Cc1ccco1. The zero-order valence-corrected chi connectivity index (χ0v) is 11.9. The molecule has 1 aliphatic heterocycles. The average molecular weight is 342 g/mol. The van der Waals surface area contributed by atoms with Gasteiger partial charge in [-0.15, -0.1) is 0 Å². The van der Waals surface area contributed by atoms with Gasteiger partial charge in [-0.25, -0.2) is 9.18 Å². The van der Waals surface area contributed by atoms with Crippen LogP contribution >= 0.6 is 0 Å². The molecule has 1 N–H and O–H groups in total. The molecular formula is C15H10F4N2O3. The zero-order valence-electron chi connectivity index (χ0n) is 11.9. The molecule has 0 spiro atoms.